The SMILES string of the molecule is C[C@@H]1CN(CCOC2CCC(N3C(=S)N(c4ccc(C#N)c(C(F)(F)F)c4)C(=O)C3(C)C)CC2)C[C@H](C)N1CCCOc1ccc(N2CCC(=O)NC2=O)cn1.Cl. The molecule has 1 aliphatic carbocycles. The van der Waals surface area contributed by atoms with Gasteiger partial charge < -0.3 is 14.4 Å². The molecule has 57 heavy (non-hydrogen) atoms. The van der Waals surface area contributed by atoms with E-state index in [0.29, 0.717) is 43.4 Å². The number of aromatic nitrogens is 1. The van der Waals surface area contributed by atoms with Crippen molar-refractivity contribution in [2.75, 3.05) is 55.7 Å². The van der Waals surface area contributed by atoms with Gasteiger partial charge in [-0.3, -0.25) is 34.5 Å². The van der Waals surface area contributed by atoms with Crippen LogP contribution in [0.15, 0.2) is 36.5 Å². The number of rotatable bonds is 12. The van der Waals surface area contributed by atoms with Crippen molar-refractivity contribution in [3.8, 4) is 11.9 Å². The summed E-state index contributed by atoms with van der Waals surface area (Å²) in [6.07, 6.45) is 1.00. The van der Waals surface area contributed by atoms with Crippen LogP contribution >= 0.6 is 24.6 Å². The van der Waals surface area contributed by atoms with Gasteiger partial charge in [0, 0.05) is 63.3 Å². The van der Waals surface area contributed by atoms with Gasteiger partial charge in [0.25, 0.3) is 5.91 Å². The fourth-order valence-electron chi connectivity index (χ4n) is 8.41. The van der Waals surface area contributed by atoms with Gasteiger partial charge in [-0.2, -0.15) is 18.4 Å². The number of nitrogens with one attached hydrogen (secondary N) is 1. The maximum atomic E-state index is 13.7. The molecule has 2 aromatic rings. The van der Waals surface area contributed by atoms with Gasteiger partial charge in [-0.15, -0.1) is 12.4 Å². The van der Waals surface area contributed by atoms with Crippen LogP contribution in [0.1, 0.15) is 77.3 Å². The summed E-state index contributed by atoms with van der Waals surface area (Å²) in [7, 11) is 0. The van der Waals surface area contributed by atoms with E-state index in [4.69, 9.17) is 21.7 Å². The predicted octanol–water partition coefficient (Wildman–Crippen LogP) is 5.74. The molecule has 1 saturated carbocycles. The summed E-state index contributed by atoms with van der Waals surface area (Å²) in [5, 5.41) is 11.7. The number of amides is 4. The Kier molecular flexibility index (Phi) is 14.1. The number of pyridine rings is 1. The number of imide groups is 1. The average Bonchev–Trinajstić information content (AvgIpc) is 3.33. The monoisotopic (exact) mass is 834 g/mol. The molecule has 4 amide bonds. The number of urea groups is 1. The molecule has 310 valence electrons. The molecular formula is C39H50ClF3N8O5S. The molecular weight excluding hydrogens is 785 g/mol. The minimum atomic E-state index is -4.75. The van der Waals surface area contributed by atoms with Crippen LogP contribution in [-0.2, 0) is 20.5 Å². The maximum absolute atomic E-state index is 13.7. The molecule has 0 bridgehead atoms. The zero-order valence-electron chi connectivity index (χ0n) is 32.6. The number of hydrogen-bond acceptors (Lipinski definition) is 10. The van der Waals surface area contributed by atoms with Crippen molar-refractivity contribution in [2.24, 2.45) is 0 Å². The molecule has 0 unspecified atom stereocenters. The van der Waals surface area contributed by atoms with E-state index in [2.05, 4.69) is 33.9 Å². The summed E-state index contributed by atoms with van der Waals surface area (Å²) < 4.78 is 53.4. The average molecular weight is 835 g/mol. The second kappa shape index (κ2) is 18.2. The van der Waals surface area contributed by atoms with Crippen molar-refractivity contribution >= 4 is 59.0 Å². The predicted molar refractivity (Wildman–Crippen MR) is 213 cm³/mol. The summed E-state index contributed by atoms with van der Waals surface area (Å²) in [5.41, 5.74) is -2.04. The molecule has 4 fully saturated rings. The van der Waals surface area contributed by atoms with Crippen LogP contribution in [0.3, 0.4) is 0 Å². The molecule has 4 aliphatic rings. The van der Waals surface area contributed by atoms with Crippen molar-refractivity contribution in [1.82, 2.24) is 25.0 Å². The van der Waals surface area contributed by atoms with E-state index >= 15 is 0 Å². The molecule has 6 rings (SSSR count). The Labute approximate surface area is 342 Å². The van der Waals surface area contributed by atoms with Crippen molar-refractivity contribution < 1.29 is 37.0 Å². The Balaban J connectivity index is 0.00000620. The largest absolute Gasteiger partial charge is 0.478 e. The van der Waals surface area contributed by atoms with Gasteiger partial charge in [0.1, 0.15) is 5.54 Å². The van der Waals surface area contributed by atoms with Crippen LogP contribution < -0.4 is 19.9 Å². The molecule has 2 atom stereocenters. The molecule has 0 radical (unpaired) electrons. The van der Waals surface area contributed by atoms with E-state index in [1.807, 2.05) is 4.90 Å². The highest BCUT2D eigenvalue weighted by Gasteiger charge is 2.52. The number of thiocarbonyl (C=S) groups is 1. The van der Waals surface area contributed by atoms with Crippen LogP contribution in [0, 0.1) is 11.3 Å². The Morgan fingerprint density at radius 3 is 2.30 bits per heavy atom. The van der Waals surface area contributed by atoms with E-state index in [1.165, 1.54) is 15.9 Å². The first kappa shape index (κ1) is 44.0. The highest BCUT2D eigenvalue weighted by atomic mass is 35.5. The van der Waals surface area contributed by atoms with Crippen LogP contribution in [-0.4, -0.2) is 118 Å². The third-order valence-electron chi connectivity index (χ3n) is 11.3. The molecule has 13 nitrogen and oxygen atoms in total. The summed E-state index contributed by atoms with van der Waals surface area (Å²) in [5.74, 6) is -0.197. The fourth-order valence-corrected chi connectivity index (χ4v) is 8.98. The fraction of sp³-hybridized carbons (Fsp3) is 0.590. The lowest BCUT2D eigenvalue weighted by atomic mass is 9.89. The minimum absolute atomic E-state index is 0. The van der Waals surface area contributed by atoms with Gasteiger partial charge in [-0.1, -0.05) is 0 Å². The summed E-state index contributed by atoms with van der Waals surface area (Å²) in [6, 6.07) is 8.53. The van der Waals surface area contributed by atoms with Crippen molar-refractivity contribution in [2.45, 2.75) is 102 Å². The van der Waals surface area contributed by atoms with Gasteiger partial charge in [0.2, 0.25) is 11.8 Å². The quantitative estimate of drug-likeness (QED) is 0.207. The molecule has 1 aromatic heterocycles. The smallest absolute Gasteiger partial charge is 0.417 e. The minimum Gasteiger partial charge on any atom is -0.478 e. The highest BCUT2D eigenvalue weighted by molar-refractivity contribution is 7.80. The van der Waals surface area contributed by atoms with Gasteiger partial charge >= 0.3 is 12.2 Å². The Bertz CT molecular complexity index is 1830. The third kappa shape index (κ3) is 9.80. The number of nitrogens with zero attached hydrogens (tertiary/aromatic N) is 7. The summed E-state index contributed by atoms with van der Waals surface area (Å²) in [4.78, 5) is 50.9. The first-order valence-electron chi connectivity index (χ1n) is 19.2. The summed E-state index contributed by atoms with van der Waals surface area (Å²) in [6.45, 7) is 13.0. The molecule has 0 spiro atoms. The van der Waals surface area contributed by atoms with Crippen LogP contribution in [0.2, 0.25) is 0 Å². The lowest BCUT2D eigenvalue weighted by Crippen LogP contribution is -2.57. The number of carbonyl (C=O) groups excluding carboxylic acids is 3. The number of benzene rings is 1. The second-order valence-electron chi connectivity index (χ2n) is 15.5. The number of halogens is 4. The molecule has 1 N–H and O–H groups in total. The van der Waals surface area contributed by atoms with Gasteiger partial charge in [-0.05, 0) is 96.3 Å². The van der Waals surface area contributed by atoms with E-state index in [0.717, 1.165) is 70.4 Å². The molecule has 3 aliphatic heterocycles. The second-order valence-corrected chi connectivity index (χ2v) is 15.9. The van der Waals surface area contributed by atoms with Gasteiger partial charge in [0.05, 0.1) is 54.1 Å². The van der Waals surface area contributed by atoms with Crippen LogP contribution in [0.4, 0.5) is 29.3 Å². The topological polar surface area (TPSA) is 135 Å². The highest BCUT2D eigenvalue weighted by Crippen LogP contribution is 2.40. The zero-order valence-corrected chi connectivity index (χ0v) is 34.2. The number of alkyl halides is 3. The Morgan fingerprint density at radius 2 is 1.68 bits per heavy atom. The standard InChI is InChI=1S/C39H49F3N8O5S.ClH/c1-25-23-46(24-26(2)47(25)15-5-18-55-34-13-10-30(22-44-34)48-16-14-33(51)45-36(48)53)17-19-54-31-11-8-28(9-12-31)50-37(56)49(35(52)38(50,3)4)29-7-6-27(21-43)32(20-29)39(40,41)42;/h6-7,10,13,20,22,25-26,28,31H,5,8-9,11-12,14-19,23-24H2,1-4H3,(H,45,51,53);1H/t25-,26+,28?,31?;. The number of nitriles is 1. The first-order chi connectivity index (χ1) is 26.6. The molecule has 18 heteroatoms. The van der Waals surface area contributed by atoms with Crippen LogP contribution in [0.5, 0.6) is 5.88 Å². The Hall–Kier alpha value is -4.08. The van der Waals surface area contributed by atoms with Gasteiger partial charge in [-0.25, -0.2) is 9.78 Å². The van der Waals surface area contributed by atoms with E-state index in [1.54, 1.807) is 38.2 Å². The number of carbonyl (C=O) groups is 3. The zero-order chi connectivity index (χ0) is 40.4. The van der Waals surface area contributed by atoms with Crippen molar-refractivity contribution in [3.05, 3.63) is 47.7 Å². The lowest BCUT2D eigenvalue weighted by Gasteiger charge is -2.44. The van der Waals surface area contributed by atoms with E-state index < -0.39 is 34.8 Å². The number of anilines is 2. The summed E-state index contributed by atoms with van der Waals surface area (Å²) >= 11 is 5.74. The van der Waals surface area contributed by atoms with E-state index in [-0.39, 0.29) is 47.7 Å². The van der Waals surface area contributed by atoms with Crippen molar-refractivity contribution in [3.63, 3.8) is 0 Å². The van der Waals surface area contributed by atoms with E-state index in [9.17, 15) is 32.8 Å². The maximum Gasteiger partial charge on any atom is 0.417 e. The molecule has 3 saturated heterocycles. The normalized spacial score (nSPS) is 24.6. The number of hydrogen-bond donors (Lipinski definition) is 1. The van der Waals surface area contributed by atoms with Gasteiger partial charge in [0.15, 0.2) is 5.11 Å². The van der Waals surface area contributed by atoms with Crippen molar-refractivity contribution in [1.29, 1.82) is 5.26 Å². The Morgan fingerprint density at radius 1 is 1.00 bits per heavy atom. The molecule has 4 heterocycles. The van der Waals surface area contributed by atoms with Crippen LogP contribution in [0.25, 0.3) is 0 Å². The molecule has 1 aromatic carbocycles. The number of piperazine rings is 1. The lowest BCUT2D eigenvalue weighted by molar-refractivity contribution is -0.137. The number of ether oxygens (including phenoxy) is 2. The first-order valence-corrected chi connectivity index (χ1v) is 19.6. The third-order valence-corrected chi connectivity index (χ3v) is 11.6.